The predicted molar refractivity (Wildman–Crippen MR) is 56.5 cm³/mol. The molecule has 0 saturated heterocycles. The van der Waals surface area contributed by atoms with Crippen molar-refractivity contribution in [2.75, 3.05) is 6.61 Å². The molecule has 0 aliphatic heterocycles. The number of imidazole rings is 1. The fraction of sp³-hybridized carbons (Fsp3) is 0.500. The fourth-order valence-corrected chi connectivity index (χ4v) is 1.71. The SMILES string of the molecule is CC(C)n1c(CCO)nc2ccnnc21. The molecule has 2 aromatic rings. The van der Waals surface area contributed by atoms with E-state index in [-0.39, 0.29) is 12.6 Å². The second-order valence-corrected chi connectivity index (χ2v) is 3.71. The summed E-state index contributed by atoms with van der Waals surface area (Å²) in [5.74, 6) is 0.864. The molecule has 0 atom stereocenters. The average molecular weight is 206 g/mol. The van der Waals surface area contributed by atoms with Crippen LogP contribution < -0.4 is 0 Å². The molecule has 0 radical (unpaired) electrons. The number of fused-ring (bicyclic) bond motifs is 1. The molecule has 5 heteroatoms. The third-order valence-corrected chi connectivity index (χ3v) is 2.29. The minimum atomic E-state index is 0.101. The van der Waals surface area contributed by atoms with Crippen molar-refractivity contribution in [3.63, 3.8) is 0 Å². The Morgan fingerprint density at radius 1 is 1.47 bits per heavy atom. The third kappa shape index (κ3) is 1.70. The molecule has 0 spiro atoms. The van der Waals surface area contributed by atoms with E-state index in [1.54, 1.807) is 6.20 Å². The lowest BCUT2D eigenvalue weighted by Crippen LogP contribution is -2.08. The van der Waals surface area contributed by atoms with Crippen molar-refractivity contribution < 1.29 is 5.11 Å². The monoisotopic (exact) mass is 206 g/mol. The molecule has 80 valence electrons. The highest BCUT2D eigenvalue weighted by Crippen LogP contribution is 2.18. The Morgan fingerprint density at radius 2 is 2.27 bits per heavy atom. The Balaban J connectivity index is 2.63. The topological polar surface area (TPSA) is 63.8 Å². The Morgan fingerprint density at radius 3 is 2.93 bits per heavy atom. The van der Waals surface area contributed by atoms with Crippen molar-refractivity contribution in [2.24, 2.45) is 0 Å². The van der Waals surface area contributed by atoms with Crippen molar-refractivity contribution in [1.29, 1.82) is 0 Å². The van der Waals surface area contributed by atoms with Crippen LogP contribution in [0.4, 0.5) is 0 Å². The molecule has 0 aliphatic carbocycles. The summed E-state index contributed by atoms with van der Waals surface area (Å²) in [5, 5.41) is 16.9. The maximum atomic E-state index is 8.96. The summed E-state index contributed by atoms with van der Waals surface area (Å²) in [6.07, 6.45) is 2.18. The molecule has 0 fully saturated rings. The number of hydrogen-bond acceptors (Lipinski definition) is 4. The molecule has 0 bridgehead atoms. The third-order valence-electron chi connectivity index (χ3n) is 2.29. The second-order valence-electron chi connectivity index (χ2n) is 3.71. The molecule has 2 heterocycles. The van der Waals surface area contributed by atoms with Gasteiger partial charge in [-0.1, -0.05) is 0 Å². The molecule has 0 saturated carbocycles. The van der Waals surface area contributed by atoms with Crippen LogP contribution in [0.3, 0.4) is 0 Å². The molecule has 0 amide bonds. The highest BCUT2D eigenvalue weighted by Gasteiger charge is 2.13. The molecule has 0 unspecified atom stereocenters. The molecule has 0 aliphatic rings. The molecule has 15 heavy (non-hydrogen) atoms. The summed E-state index contributed by atoms with van der Waals surface area (Å²) in [5.41, 5.74) is 1.62. The summed E-state index contributed by atoms with van der Waals surface area (Å²) in [4.78, 5) is 4.42. The zero-order chi connectivity index (χ0) is 10.8. The number of aliphatic hydroxyl groups is 1. The van der Waals surface area contributed by atoms with Gasteiger partial charge in [-0.3, -0.25) is 0 Å². The van der Waals surface area contributed by atoms with Gasteiger partial charge in [0.15, 0.2) is 5.65 Å². The minimum Gasteiger partial charge on any atom is -0.396 e. The smallest absolute Gasteiger partial charge is 0.182 e. The van der Waals surface area contributed by atoms with Crippen LogP contribution >= 0.6 is 0 Å². The number of aliphatic hydroxyl groups excluding tert-OH is 1. The summed E-state index contributed by atoms with van der Waals surface area (Å²) < 4.78 is 2.01. The number of hydrogen-bond donors (Lipinski definition) is 1. The zero-order valence-electron chi connectivity index (χ0n) is 8.88. The Labute approximate surface area is 87.8 Å². The van der Waals surface area contributed by atoms with Crippen LogP contribution in [0.5, 0.6) is 0 Å². The van der Waals surface area contributed by atoms with E-state index < -0.39 is 0 Å². The number of rotatable bonds is 3. The normalized spacial score (nSPS) is 11.5. The van der Waals surface area contributed by atoms with Gasteiger partial charge in [0.05, 0.1) is 12.8 Å². The van der Waals surface area contributed by atoms with E-state index in [0.717, 1.165) is 17.0 Å². The van der Waals surface area contributed by atoms with E-state index in [4.69, 9.17) is 5.11 Å². The number of aromatic nitrogens is 4. The van der Waals surface area contributed by atoms with Crippen LogP contribution in [0.1, 0.15) is 25.7 Å². The van der Waals surface area contributed by atoms with Gasteiger partial charge in [-0.2, -0.15) is 5.10 Å². The van der Waals surface area contributed by atoms with Gasteiger partial charge in [0.1, 0.15) is 11.3 Å². The molecular weight excluding hydrogens is 192 g/mol. The van der Waals surface area contributed by atoms with Gasteiger partial charge < -0.3 is 9.67 Å². The van der Waals surface area contributed by atoms with Crippen LogP contribution in [0.15, 0.2) is 12.3 Å². The molecule has 2 rings (SSSR count). The van der Waals surface area contributed by atoms with Crippen LogP contribution in [0.25, 0.3) is 11.2 Å². The van der Waals surface area contributed by atoms with E-state index >= 15 is 0 Å². The summed E-state index contributed by atoms with van der Waals surface area (Å²) >= 11 is 0. The lowest BCUT2D eigenvalue weighted by Gasteiger charge is -2.10. The van der Waals surface area contributed by atoms with Crippen LogP contribution in [-0.2, 0) is 6.42 Å². The first kappa shape index (κ1) is 10.0. The van der Waals surface area contributed by atoms with Crippen LogP contribution in [-0.4, -0.2) is 31.5 Å². The fourth-order valence-electron chi connectivity index (χ4n) is 1.71. The summed E-state index contributed by atoms with van der Waals surface area (Å²) in [7, 11) is 0. The Bertz CT molecular complexity index is 463. The Kier molecular flexibility index (Phi) is 2.64. The summed E-state index contributed by atoms with van der Waals surface area (Å²) in [6, 6.07) is 2.11. The zero-order valence-corrected chi connectivity index (χ0v) is 8.88. The maximum absolute atomic E-state index is 8.96. The minimum absolute atomic E-state index is 0.101. The van der Waals surface area contributed by atoms with Gasteiger partial charge in [0, 0.05) is 12.5 Å². The van der Waals surface area contributed by atoms with Gasteiger partial charge in [-0.05, 0) is 19.9 Å². The molecule has 2 aromatic heterocycles. The van der Waals surface area contributed by atoms with Gasteiger partial charge in [-0.25, -0.2) is 4.98 Å². The highest BCUT2D eigenvalue weighted by molar-refractivity contribution is 5.70. The summed E-state index contributed by atoms with van der Waals surface area (Å²) in [6.45, 7) is 4.23. The van der Waals surface area contributed by atoms with E-state index in [1.807, 2.05) is 10.6 Å². The first-order chi connectivity index (χ1) is 7.24. The van der Waals surface area contributed by atoms with Gasteiger partial charge in [-0.15, -0.1) is 5.10 Å². The first-order valence-electron chi connectivity index (χ1n) is 5.03. The largest absolute Gasteiger partial charge is 0.396 e. The lowest BCUT2D eigenvalue weighted by molar-refractivity contribution is 0.294. The van der Waals surface area contributed by atoms with Crippen molar-refractivity contribution >= 4 is 11.2 Å². The predicted octanol–water partition coefficient (Wildman–Crippen LogP) is 0.942. The van der Waals surface area contributed by atoms with Crippen molar-refractivity contribution in [3.05, 3.63) is 18.1 Å². The second kappa shape index (κ2) is 3.94. The van der Waals surface area contributed by atoms with E-state index in [0.29, 0.717) is 6.42 Å². The lowest BCUT2D eigenvalue weighted by atomic mass is 10.3. The van der Waals surface area contributed by atoms with Crippen molar-refractivity contribution in [1.82, 2.24) is 19.7 Å². The molecular formula is C10H14N4O. The van der Waals surface area contributed by atoms with Gasteiger partial charge in [0.2, 0.25) is 0 Å². The molecule has 5 nitrogen and oxygen atoms in total. The highest BCUT2D eigenvalue weighted by atomic mass is 16.3. The Hall–Kier alpha value is -1.49. The maximum Gasteiger partial charge on any atom is 0.182 e. The van der Waals surface area contributed by atoms with Crippen molar-refractivity contribution in [3.8, 4) is 0 Å². The van der Waals surface area contributed by atoms with E-state index in [9.17, 15) is 0 Å². The molecule has 0 aromatic carbocycles. The van der Waals surface area contributed by atoms with Gasteiger partial charge in [0.25, 0.3) is 0 Å². The quantitative estimate of drug-likeness (QED) is 0.811. The van der Waals surface area contributed by atoms with Crippen LogP contribution in [0, 0.1) is 0 Å². The van der Waals surface area contributed by atoms with Gasteiger partial charge >= 0.3 is 0 Å². The first-order valence-corrected chi connectivity index (χ1v) is 5.03. The van der Waals surface area contributed by atoms with E-state index in [2.05, 4.69) is 29.0 Å². The van der Waals surface area contributed by atoms with Crippen LogP contribution in [0.2, 0.25) is 0 Å². The van der Waals surface area contributed by atoms with E-state index in [1.165, 1.54) is 0 Å². The standard InChI is InChI=1S/C10H14N4O/c1-7(2)14-9(4-6-15)12-8-3-5-11-13-10(8)14/h3,5,7,15H,4,6H2,1-2H3. The number of nitrogens with zero attached hydrogens (tertiary/aromatic N) is 4. The molecule has 1 N–H and O–H groups in total. The van der Waals surface area contributed by atoms with Crippen molar-refractivity contribution in [2.45, 2.75) is 26.3 Å². The average Bonchev–Trinajstić information content (AvgIpc) is 2.56.